The first-order chi connectivity index (χ1) is 11.4. The lowest BCUT2D eigenvalue weighted by Crippen LogP contribution is -2.48. The van der Waals surface area contributed by atoms with E-state index in [0.717, 1.165) is 12.8 Å². The highest BCUT2D eigenvalue weighted by atomic mass is 16.7. The van der Waals surface area contributed by atoms with Crippen LogP contribution in [0, 0.1) is 0 Å². The second-order valence-electron chi connectivity index (χ2n) is 6.45. The van der Waals surface area contributed by atoms with Gasteiger partial charge in [-0.1, -0.05) is 6.42 Å². The summed E-state index contributed by atoms with van der Waals surface area (Å²) < 4.78 is 0. The molecule has 8 nitrogen and oxygen atoms in total. The lowest BCUT2D eigenvalue weighted by molar-refractivity contribution is -0.197. The molecular formula is C16H25N3O5. The van der Waals surface area contributed by atoms with E-state index in [1.807, 2.05) is 0 Å². The molecule has 3 amide bonds. The molecule has 0 aromatic rings. The maximum Gasteiger partial charge on any atom is 0.334 e. The van der Waals surface area contributed by atoms with Crippen LogP contribution in [0.5, 0.6) is 0 Å². The largest absolute Gasteiger partial charge is 0.354 e. The van der Waals surface area contributed by atoms with Gasteiger partial charge in [-0.25, -0.2) is 4.79 Å². The van der Waals surface area contributed by atoms with Crippen molar-refractivity contribution >= 4 is 23.7 Å². The molecule has 2 heterocycles. The summed E-state index contributed by atoms with van der Waals surface area (Å²) in [5.74, 6) is -1.87. The van der Waals surface area contributed by atoms with Gasteiger partial charge in [0.05, 0.1) is 13.0 Å². The van der Waals surface area contributed by atoms with Gasteiger partial charge in [0.1, 0.15) is 0 Å². The Hall–Kier alpha value is -1.96. The van der Waals surface area contributed by atoms with Crippen LogP contribution in [0.4, 0.5) is 0 Å². The number of amides is 3. The Labute approximate surface area is 141 Å². The second-order valence-corrected chi connectivity index (χ2v) is 6.45. The Balaban J connectivity index is 1.67. The third kappa shape index (κ3) is 4.77. The number of hydroxylamine groups is 2. The van der Waals surface area contributed by atoms with Crippen molar-refractivity contribution in [1.29, 1.82) is 0 Å². The van der Waals surface area contributed by atoms with Gasteiger partial charge in [0.15, 0.2) is 0 Å². The summed E-state index contributed by atoms with van der Waals surface area (Å²) in [5, 5.41) is 3.19. The Morgan fingerprint density at radius 2 is 1.71 bits per heavy atom. The van der Waals surface area contributed by atoms with Crippen LogP contribution in [-0.2, 0) is 24.0 Å². The van der Waals surface area contributed by atoms with E-state index in [-0.39, 0.29) is 31.7 Å². The SMILES string of the molecule is CC1CCC[13CH](C)N1CC(=O)NCCC(=O)ON1C(=O)CCC1=O. The van der Waals surface area contributed by atoms with Gasteiger partial charge in [-0.15, -0.1) is 5.06 Å². The molecule has 0 aliphatic carbocycles. The van der Waals surface area contributed by atoms with E-state index in [4.69, 9.17) is 4.84 Å². The highest BCUT2D eigenvalue weighted by Crippen LogP contribution is 2.21. The molecule has 24 heavy (non-hydrogen) atoms. The number of carbonyl (C=O) groups is 4. The summed E-state index contributed by atoms with van der Waals surface area (Å²) in [6.45, 7) is 4.65. The Kier molecular flexibility index (Phi) is 6.30. The number of hydrogen-bond donors (Lipinski definition) is 1. The highest BCUT2D eigenvalue weighted by molar-refractivity contribution is 6.01. The van der Waals surface area contributed by atoms with Gasteiger partial charge in [-0.05, 0) is 26.7 Å². The van der Waals surface area contributed by atoms with E-state index in [0.29, 0.717) is 23.7 Å². The molecule has 0 aromatic carbocycles. The quantitative estimate of drug-likeness (QED) is 0.554. The molecular weight excluding hydrogens is 315 g/mol. The number of nitrogens with zero attached hydrogens (tertiary/aromatic N) is 2. The second kappa shape index (κ2) is 8.23. The molecule has 2 aliphatic rings. The van der Waals surface area contributed by atoms with Crippen molar-refractivity contribution < 1.29 is 24.0 Å². The lowest BCUT2D eigenvalue weighted by Gasteiger charge is -2.38. The van der Waals surface area contributed by atoms with Gasteiger partial charge in [0.2, 0.25) is 5.91 Å². The molecule has 2 saturated heterocycles. The van der Waals surface area contributed by atoms with Gasteiger partial charge in [0.25, 0.3) is 11.8 Å². The van der Waals surface area contributed by atoms with Gasteiger partial charge in [-0.2, -0.15) is 0 Å². The van der Waals surface area contributed by atoms with Gasteiger partial charge >= 0.3 is 5.97 Å². The summed E-state index contributed by atoms with van der Waals surface area (Å²) >= 11 is 0. The number of carbonyl (C=O) groups excluding carboxylic acids is 4. The molecule has 2 unspecified atom stereocenters. The van der Waals surface area contributed by atoms with Crippen molar-refractivity contribution in [3.8, 4) is 0 Å². The fraction of sp³-hybridized carbons (Fsp3) is 0.750. The summed E-state index contributed by atoms with van der Waals surface area (Å²) in [6, 6.07) is 0.744. The summed E-state index contributed by atoms with van der Waals surface area (Å²) in [4.78, 5) is 53.2. The van der Waals surface area contributed by atoms with Crippen LogP contribution in [0.15, 0.2) is 0 Å². The van der Waals surface area contributed by atoms with Crippen molar-refractivity contribution in [2.45, 2.75) is 64.5 Å². The number of hydrogen-bond acceptors (Lipinski definition) is 6. The van der Waals surface area contributed by atoms with E-state index in [9.17, 15) is 19.2 Å². The molecule has 1 N–H and O–H groups in total. The molecule has 134 valence electrons. The van der Waals surface area contributed by atoms with Crippen LogP contribution in [0.2, 0.25) is 0 Å². The standard InChI is InChI=1S/C16H25N3O5/c1-11-4-3-5-12(2)18(11)10-13(20)17-9-8-16(23)24-19-14(21)6-7-15(19)22/h11-12H,3-10H2,1-2H3,(H,17,20)/i11+1. The van der Waals surface area contributed by atoms with Gasteiger partial charge in [0, 0.05) is 31.5 Å². The molecule has 0 bridgehead atoms. The van der Waals surface area contributed by atoms with Gasteiger partial charge < -0.3 is 10.2 Å². The van der Waals surface area contributed by atoms with E-state index in [1.165, 1.54) is 6.42 Å². The first-order valence-electron chi connectivity index (χ1n) is 8.47. The maximum atomic E-state index is 12.0. The van der Waals surface area contributed by atoms with Crippen LogP contribution in [0.25, 0.3) is 0 Å². The fourth-order valence-corrected chi connectivity index (χ4v) is 3.12. The van der Waals surface area contributed by atoms with Crippen LogP contribution in [0.3, 0.4) is 0 Å². The lowest BCUT2D eigenvalue weighted by atomic mass is 10.1. The topological polar surface area (TPSA) is 96.0 Å². The van der Waals surface area contributed by atoms with Crippen molar-refractivity contribution in [2.24, 2.45) is 0 Å². The summed E-state index contributed by atoms with van der Waals surface area (Å²) in [5.41, 5.74) is 0. The van der Waals surface area contributed by atoms with Crippen molar-refractivity contribution in [3.63, 3.8) is 0 Å². The number of piperidine rings is 1. The predicted molar refractivity (Wildman–Crippen MR) is 84.3 cm³/mol. The molecule has 2 fully saturated rings. The maximum absolute atomic E-state index is 12.0. The number of nitrogens with one attached hydrogen (secondary N) is 1. The Morgan fingerprint density at radius 1 is 1.12 bits per heavy atom. The zero-order valence-electron chi connectivity index (χ0n) is 14.2. The van der Waals surface area contributed by atoms with Crippen LogP contribution in [-0.4, -0.2) is 58.8 Å². The smallest absolute Gasteiger partial charge is 0.334 e. The predicted octanol–water partition coefficient (Wildman–Crippen LogP) is 0.363. The molecule has 0 radical (unpaired) electrons. The molecule has 0 aromatic heterocycles. The molecule has 0 saturated carbocycles. The highest BCUT2D eigenvalue weighted by Gasteiger charge is 2.32. The summed E-state index contributed by atoms with van der Waals surface area (Å²) in [7, 11) is 0. The number of rotatable bonds is 6. The van der Waals surface area contributed by atoms with Crippen molar-refractivity contribution in [2.75, 3.05) is 13.1 Å². The first-order valence-corrected chi connectivity index (χ1v) is 8.47. The van der Waals surface area contributed by atoms with Crippen LogP contribution < -0.4 is 5.32 Å². The minimum atomic E-state index is -0.710. The van der Waals surface area contributed by atoms with Crippen molar-refractivity contribution in [1.82, 2.24) is 15.3 Å². The summed E-state index contributed by atoms with van der Waals surface area (Å²) in [6.07, 6.45) is 3.39. The third-order valence-corrected chi connectivity index (χ3v) is 4.55. The average Bonchev–Trinajstić information content (AvgIpc) is 2.83. The third-order valence-electron chi connectivity index (χ3n) is 4.55. The average molecular weight is 340 g/mol. The molecule has 2 aliphatic heterocycles. The molecule has 2 rings (SSSR count). The minimum absolute atomic E-state index is 0.0645. The number of likely N-dealkylation sites (tertiary alicyclic amines) is 1. The van der Waals surface area contributed by atoms with E-state index in [2.05, 4.69) is 24.1 Å². The molecule has 8 heteroatoms. The minimum Gasteiger partial charge on any atom is -0.354 e. The Bertz CT molecular complexity index is 496. The van der Waals surface area contributed by atoms with Gasteiger partial charge in [-0.3, -0.25) is 19.3 Å². The number of imide groups is 1. The first kappa shape index (κ1) is 18.4. The van der Waals surface area contributed by atoms with E-state index in [1.54, 1.807) is 0 Å². The Morgan fingerprint density at radius 3 is 2.29 bits per heavy atom. The van der Waals surface area contributed by atoms with Crippen LogP contribution >= 0.6 is 0 Å². The van der Waals surface area contributed by atoms with E-state index < -0.39 is 17.8 Å². The zero-order valence-corrected chi connectivity index (χ0v) is 14.2. The zero-order chi connectivity index (χ0) is 17.7. The fourth-order valence-electron chi connectivity index (χ4n) is 3.12. The van der Waals surface area contributed by atoms with E-state index >= 15 is 0 Å². The normalized spacial score (nSPS) is 25.0. The van der Waals surface area contributed by atoms with Crippen molar-refractivity contribution in [3.05, 3.63) is 0 Å². The molecule has 0 spiro atoms. The molecule has 2 atom stereocenters. The van der Waals surface area contributed by atoms with Crippen LogP contribution in [0.1, 0.15) is 52.4 Å². The monoisotopic (exact) mass is 340 g/mol.